The number of ether oxygens (including phenoxy) is 6. The quantitative estimate of drug-likeness (QED) is 0.0202. The Kier molecular flexibility index (Phi) is 44.4. The van der Waals surface area contributed by atoms with Gasteiger partial charge >= 0.3 is 0 Å². The van der Waals surface area contributed by atoms with Crippen molar-refractivity contribution in [2.24, 2.45) is 0 Å². The van der Waals surface area contributed by atoms with Crippen molar-refractivity contribution < 1.29 is 89.4 Å². The maximum atomic E-state index is 13.3. The maximum absolute atomic E-state index is 13.3. The summed E-state index contributed by atoms with van der Waals surface area (Å²) in [5.41, 5.74) is 0. The second kappa shape index (κ2) is 48.8. The summed E-state index contributed by atoms with van der Waals surface area (Å²) in [5.74, 6) is -0.290. The maximum Gasteiger partial charge on any atom is 0.220 e. The van der Waals surface area contributed by atoms with Gasteiger partial charge in [-0.2, -0.15) is 0 Å². The van der Waals surface area contributed by atoms with Gasteiger partial charge in [-0.3, -0.25) is 4.79 Å². The van der Waals surface area contributed by atoms with Crippen LogP contribution < -0.4 is 5.32 Å². The van der Waals surface area contributed by atoms with Crippen LogP contribution in [0.15, 0.2) is 36.5 Å². The van der Waals surface area contributed by atoms with Crippen LogP contribution in [0.3, 0.4) is 0 Å². The van der Waals surface area contributed by atoms with Crippen LogP contribution in [0.5, 0.6) is 0 Å². The molecule has 1 amide bonds. The summed E-state index contributed by atoms with van der Waals surface area (Å²) in [6.45, 7) is 1.70. The number of hydrogen-bond donors (Lipinski definition) is 12. The van der Waals surface area contributed by atoms with Crippen LogP contribution in [0.4, 0.5) is 0 Å². The average Bonchev–Trinajstić information content (AvgIpc) is 3.22. The number of carbonyl (C=O) groups excluding carboxylic acids is 1. The Morgan fingerprint density at radius 3 is 1.18 bits per heavy atom. The van der Waals surface area contributed by atoms with E-state index in [1.165, 1.54) is 167 Å². The van der Waals surface area contributed by atoms with E-state index in [2.05, 4.69) is 43.5 Å². The SMILES string of the molecule is CCCCCCCCCCCCCCCCCCCCC/C=C/CC/C=C/CC/C=C/C(O)C(COC1OC(CO)C(OC2OC(CO)C(OC3OC(CO)C(O)C(O)C3O)C(O)C2O)C(O)C1O)NC(=O)CCCCCCCCCCCCC. The normalized spacial score (nSPS) is 29.2. The van der Waals surface area contributed by atoms with Crippen LogP contribution in [-0.2, 0) is 33.2 Å². The lowest BCUT2D eigenvalue weighted by Crippen LogP contribution is -2.66. The predicted octanol–water partition coefficient (Wildman–Crippen LogP) is 8.05. The van der Waals surface area contributed by atoms with E-state index >= 15 is 0 Å². The molecule has 498 valence electrons. The molecule has 0 aromatic rings. The zero-order chi connectivity index (χ0) is 61.9. The first-order valence-electron chi connectivity index (χ1n) is 33.7. The summed E-state index contributed by atoms with van der Waals surface area (Å²) in [5, 5.41) is 120. The number of carbonyl (C=O) groups is 1. The molecule has 0 bridgehead atoms. The van der Waals surface area contributed by atoms with Crippen LogP contribution in [0, 0.1) is 0 Å². The van der Waals surface area contributed by atoms with Gasteiger partial charge in [-0.15, -0.1) is 0 Å². The molecule has 3 aliphatic heterocycles. The van der Waals surface area contributed by atoms with Gasteiger partial charge in [-0.25, -0.2) is 0 Å². The smallest absolute Gasteiger partial charge is 0.220 e. The molecule has 17 atom stereocenters. The molecule has 17 unspecified atom stereocenters. The topological polar surface area (TPSA) is 307 Å². The number of aliphatic hydroxyl groups excluding tert-OH is 11. The molecule has 0 aromatic heterocycles. The van der Waals surface area contributed by atoms with E-state index in [9.17, 15) is 61.0 Å². The third kappa shape index (κ3) is 31.5. The first kappa shape index (κ1) is 77.3. The van der Waals surface area contributed by atoms with Crippen molar-refractivity contribution in [2.75, 3.05) is 26.4 Å². The minimum atomic E-state index is -1.98. The van der Waals surface area contributed by atoms with E-state index in [0.717, 1.165) is 44.9 Å². The molecule has 3 rings (SSSR count). The largest absolute Gasteiger partial charge is 0.394 e. The number of hydrogen-bond acceptors (Lipinski definition) is 18. The fraction of sp³-hybridized carbons (Fsp3) is 0.894. The standard InChI is InChI=1S/C66H121NO18/c1-3-5-7-9-11-13-15-16-17-18-19-20-21-22-23-24-25-26-27-28-29-30-31-32-34-35-37-39-41-43-50(71)49(67-54(72)44-42-40-38-36-33-14-12-10-8-6-4-2)48-80-64-60(78)57(75)62(52(46-69)82-64)85-66-61(79)58(76)63(53(47-70)83-66)84-65-59(77)56(74)55(73)51(45-68)81-65/h29-30,34-35,41,43,49-53,55-66,68-71,73-79H,3-28,31-33,36-40,42,44-48H2,1-2H3,(H,67,72)/b30-29+,35-34+,43-41+. The zero-order valence-electron chi connectivity index (χ0n) is 52.3. The summed E-state index contributed by atoms with van der Waals surface area (Å²) in [6.07, 6.45) is 28.7. The Morgan fingerprint density at radius 2 is 0.753 bits per heavy atom. The van der Waals surface area contributed by atoms with Crippen molar-refractivity contribution in [2.45, 2.75) is 349 Å². The monoisotopic (exact) mass is 1220 g/mol. The van der Waals surface area contributed by atoms with Gasteiger partial charge in [0.05, 0.1) is 38.6 Å². The molecule has 19 nitrogen and oxygen atoms in total. The van der Waals surface area contributed by atoms with Gasteiger partial charge in [0, 0.05) is 6.42 Å². The molecule has 0 radical (unpaired) electrons. The van der Waals surface area contributed by atoms with Crippen LogP contribution >= 0.6 is 0 Å². The second-order valence-corrected chi connectivity index (χ2v) is 24.3. The zero-order valence-corrected chi connectivity index (χ0v) is 52.3. The third-order valence-corrected chi connectivity index (χ3v) is 16.9. The molecule has 3 fully saturated rings. The van der Waals surface area contributed by atoms with Crippen molar-refractivity contribution in [3.05, 3.63) is 36.5 Å². The third-order valence-electron chi connectivity index (χ3n) is 16.9. The molecular weight excluding hydrogens is 1090 g/mol. The molecule has 3 aliphatic rings. The fourth-order valence-electron chi connectivity index (χ4n) is 11.4. The molecule has 12 N–H and O–H groups in total. The van der Waals surface area contributed by atoms with Gasteiger partial charge in [-0.05, 0) is 44.9 Å². The van der Waals surface area contributed by atoms with Gasteiger partial charge < -0.3 is 89.9 Å². The van der Waals surface area contributed by atoms with Crippen molar-refractivity contribution in [1.29, 1.82) is 0 Å². The summed E-state index contributed by atoms with van der Waals surface area (Å²) >= 11 is 0. The highest BCUT2D eigenvalue weighted by atomic mass is 16.8. The molecule has 19 heteroatoms. The van der Waals surface area contributed by atoms with Gasteiger partial charge in [0.15, 0.2) is 18.9 Å². The van der Waals surface area contributed by atoms with Crippen molar-refractivity contribution in [1.82, 2.24) is 5.32 Å². The fourth-order valence-corrected chi connectivity index (χ4v) is 11.4. The van der Waals surface area contributed by atoms with E-state index in [1.54, 1.807) is 6.08 Å². The van der Waals surface area contributed by atoms with E-state index < -0.39 is 124 Å². The average molecular weight is 1220 g/mol. The predicted molar refractivity (Wildman–Crippen MR) is 328 cm³/mol. The van der Waals surface area contributed by atoms with Gasteiger partial charge in [0.2, 0.25) is 5.91 Å². The van der Waals surface area contributed by atoms with Crippen molar-refractivity contribution >= 4 is 5.91 Å². The lowest BCUT2D eigenvalue weighted by Gasteiger charge is -2.48. The van der Waals surface area contributed by atoms with Crippen LogP contribution in [0.25, 0.3) is 0 Å². The minimum Gasteiger partial charge on any atom is -0.394 e. The van der Waals surface area contributed by atoms with E-state index in [-0.39, 0.29) is 18.9 Å². The lowest BCUT2D eigenvalue weighted by atomic mass is 9.96. The Balaban J connectivity index is 1.42. The minimum absolute atomic E-state index is 0.234. The number of aliphatic hydroxyl groups is 11. The number of nitrogens with one attached hydrogen (secondary N) is 1. The highest BCUT2D eigenvalue weighted by Crippen LogP contribution is 2.33. The Morgan fingerprint density at radius 1 is 0.412 bits per heavy atom. The summed E-state index contributed by atoms with van der Waals surface area (Å²) < 4.78 is 34.2. The highest BCUT2D eigenvalue weighted by Gasteiger charge is 2.53. The van der Waals surface area contributed by atoms with E-state index in [1.807, 2.05) is 6.08 Å². The van der Waals surface area contributed by atoms with Gasteiger partial charge in [0.25, 0.3) is 0 Å². The molecule has 0 aromatic carbocycles. The Bertz CT molecular complexity index is 1690. The van der Waals surface area contributed by atoms with Crippen LogP contribution in [0.2, 0.25) is 0 Å². The number of allylic oxidation sites excluding steroid dienone is 5. The van der Waals surface area contributed by atoms with Gasteiger partial charge in [-0.1, -0.05) is 230 Å². The molecule has 0 saturated carbocycles. The first-order chi connectivity index (χ1) is 41.3. The van der Waals surface area contributed by atoms with Gasteiger partial charge in [0.1, 0.15) is 73.2 Å². The molecule has 0 spiro atoms. The molecular formula is C66H121NO18. The second-order valence-electron chi connectivity index (χ2n) is 24.3. The summed E-state index contributed by atoms with van der Waals surface area (Å²) in [4.78, 5) is 13.3. The Labute approximate surface area is 511 Å². The summed E-state index contributed by atoms with van der Waals surface area (Å²) in [7, 11) is 0. The van der Waals surface area contributed by atoms with Crippen LogP contribution in [-0.4, -0.2) is 193 Å². The lowest BCUT2D eigenvalue weighted by molar-refractivity contribution is -0.379. The Hall–Kier alpha value is -1.99. The molecule has 85 heavy (non-hydrogen) atoms. The molecule has 0 aliphatic carbocycles. The first-order valence-corrected chi connectivity index (χ1v) is 33.7. The van der Waals surface area contributed by atoms with E-state index in [4.69, 9.17) is 28.4 Å². The summed E-state index contributed by atoms with van der Waals surface area (Å²) in [6, 6.07) is -0.993. The molecule has 3 heterocycles. The van der Waals surface area contributed by atoms with Crippen molar-refractivity contribution in [3.63, 3.8) is 0 Å². The molecule has 3 saturated heterocycles. The number of rotatable bonds is 51. The number of unbranched alkanes of at least 4 members (excludes halogenated alkanes) is 31. The van der Waals surface area contributed by atoms with Crippen LogP contribution in [0.1, 0.15) is 245 Å². The number of amides is 1. The van der Waals surface area contributed by atoms with Crippen molar-refractivity contribution in [3.8, 4) is 0 Å². The highest BCUT2D eigenvalue weighted by molar-refractivity contribution is 5.76. The van der Waals surface area contributed by atoms with E-state index in [0.29, 0.717) is 12.8 Å².